The summed E-state index contributed by atoms with van der Waals surface area (Å²) in [6.07, 6.45) is 0. The van der Waals surface area contributed by atoms with E-state index in [1.165, 1.54) is 23.1 Å². The molecule has 0 aromatic heterocycles. The molecule has 6 nitrogen and oxygen atoms in total. The van der Waals surface area contributed by atoms with Crippen LogP contribution in [0.4, 0.5) is 10.5 Å². The van der Waals surface area contributed by atoms with Crippen molar-refractivity contribution in [3.05, 3.63) is 64.1 Å². The van der Waals surface area contributed by atoms with E-state index in [1.54, 1.807) is 11.9 Å². The molecule has 2 aliphatic heterocycles. The zero-order valence-corrected chi connectivity index (χ0v) is 19.1. The normalized spacial score (nSPS) is 23.7. The van der Waals surface area contributed by atoms with Gasteiger partial charge in [-0.15, -0.1) is 0 Å². The Hall–Kier alpha value is -2.09. The second-order valence-electron chi connectivity index (χ2n) is 7.41. The lowest BCUT2D eigenvalue weighted by Crippen LogP contribution is -2.54. The smallest absolute Gasteiger partial charge is 0.332 e. The van der Waals surface area contributed by atoms with Crippen molar-refractivity contribution < 1.29 is 14.4 Å². The van der Waals surface area contributed by atoms with Crippen LogP contribution in [0.15, 0.2) is 48.5 Å². The van der Waals surface area contributed by atoms with E-state index in [9.17, 15) is 14.4 Å². The molecule has 0 radical (unpaired) electrons. The van der Waals surface area contributed by atoms with Crippen molar-refractivity contribution in [1.82, 2.24) is 9.80 Å². The van der Waals surface area contributed by atoms with Crippen molar-refractivity contribution in [2.45, 2.75) is 11.5 Å². The largest absolute Gasteiger partial charge is 0.338 e. The van der Waals surface area contributed by atoms with Gasteiger partial charge in [0, 0.05) is 29.6 Å². The Kier molecular flexibility index (Phi) is 5.55. The van der Waals surface area contributed by atoms with E-state index in [2.05, 4.69) is 15.9 Å². The van der Waals surface area contributed by atoms with Crippen LogP contribution in [-0.4, -0.2) is 58.7 Å². The molecule has 9 heteroatoms. The number of halogens is 3. The van der Waals surface area contributed by atoms with Crippen LogP contribution in [-0.2, 0) is 9.59 Å². The minimum Gasteiger partial charge on any atom is -0.338 e. The molecule has 1 spiro atoms. The molecule has 0 bridgehead atoms. The number of amides is 4. The second-order valence-corrected chi connectivity index (χ2v) is 8.84. The van der Waals surface area contributed by atoms with Crippen LogP contribution in [0.1, 0.15) is 11.5 Å². The minimum atomic E-state index is -1.22. The van der Waals surface area contributed by atoms with Crippen LogP contribution >= 0.6 is 39.1 Å². The van der Waals surface area contributed by atoms with Crippen LogP contribution in [0.5, 0.6) is 0 Å². The third-order valence-corrected chi connectivity index (χ3v) is 6.75. The highest BCUT2D eigenvalue weighted by Crippen LogP contribution is 2.46. The number of anilines is 1. The zero-order valence-electron chi connectivity index (χ0n) is 16.0. The highest BCUT2D eigenvalue weighted by Gasteiger charge is 2.64. The summed E-state index contributed by atoms with van der Waals surface area (Å²) >= 11 is 15.4. The number of hydrogen-bond donors (Lipinski definition) is 0. The average molecular weight is 511 g/mol. The van der Waals surface area contributed by atoms with Crippen molar-refractivity contribution in [2.75, 3.05) is 30.4 Å². The summed E-state index contributed by atoms with van der Waals surface area (Å²) < 4.78 is 0. The predicted molar refractivity (Wildman–Crippen MR) is 119 cm³/mol. The van der Waals surface area contributed by atoms with E-state index in [4.69, 9.17) is 23.2 Å². The number of carbonyl (C=O) groups excluding carboxylic acids is 3. The lowest BCUT2D eigenvalue weighted by atomic mass is 9.81. The van der Waals surface area contributed by atoms with E-state index < -0.39 is 17.5 Å². The molecular formula is C21H18BrCl2N3O3. The van der Waals surface area contributed by atoms with Gasteiger partial charge in [-0.2, -0.15) is 0 Å². The van der Waals surface area contributed by atoms with E-state index in [0.29, 0.717) is 22.3 Å². The number of alkyl halides is 1. The van der Waals surface area contributed by atoms with Gasteiger partial charge in [0.2, 0.25) is 5.91 Å². The van der Waals surface area contributed by atoms with E-state index in [-0.39, 0.29) is 23.7 Å². The molecular weight excluding hydrogens is 493 g/mol. The van der Waals surface area contributed by atoms with Gasteiger partial charge in [0.05, 0.1) is 17.6 Å². The molecule has 2 aromatic rings. The van der Waals surface area contributed by atoms with Gasteiger partial charge in [-0.1, -0.05) is 69.5 Å². The standard InChI is InChI=1S/C21H18BrCl2N3O3/c1-25-20(30)27(16-8-14(23)7-15(24)9-16)19(29)21(25)12-26(18(28)10-22)11-17(21)13-5-3-2-4-6-13/h2-9,17H,10-12H2,1H3. The fourth-order valence-corrected chi connectivity index (χ4v) is 5.24. The van der Waals surface area contributed by atoms with E-state index in [1.807, 2.05) is 30.3 Å². The first kappa shape index (κ1) is 21.2. The van der Waals surface area contributed by atoms with Gasteiger partial charge in [-0.05, 0) is 23.8 Å². The number of rotatable bonds is 3. The molecule has 0 N–H and O–H groups in total. The van der Waals surface area contributed by atoms with Gasteiger partial charge in [0.25, 0.3) is 5.91 Å². The summed E-state index contributed by atoms with van der Waals surface area (Å²) in [5.74, 6) is -0.902. The van der Waals surface area contributed by atoms with Crippen molar-refractivity contribution in [1.29, 1.82) is 0 Å². The fourth-order valence-electron chi connectivity index (χ4n) is 4.38. The topological polar surface area (TPSA) is 60.9 Å². The predicted octanol–water partition coefficient (Wildman–Crippen LogP) is 4.15. The second kappa shape index (κ2) is 7.87. The van der Waals surface area contributed by atoms with Gasteiger partial charge in [-0.25, -0.2) is 9.69 Å². The Morgan fingerprint density at radius 2 is 1.77 bits per heavy atom. The number of likely N-dealkylation sites (N-methyl/N-ethyl adjacent to an activating group) is 1. The van der Waals surface area contributed by atoms with Crippen LogP contribution in [0.2, 0.25) is 10.0 Å². The third-order valence-electron chi connectivity index (χ3n) is 5.84. The van der Waals surface area contributed by atoms with Crippen molar-refractivity contribution in [3.8, 4) is 0 Å². The molecule has 2 heterocycles. The summed E-state index contributed by atoms with van der Waals surface area (Å²) in [5.41, 5.74) is -0.0184. The monoisotopic (exact) mass is 509 g/mol. The Morgan fingerprint density at radius 3 is 2.37 bits per heavy atom. The molecule has 2 atom stereocenters. The quantitative estimate of drug-likeness (QED) is 0.460. The SMILES string of the molecule is CN1C(=O)N(c2cc(Cl)cc(Cl)c2)C(=O)C12CN(C(=O)CBr)CC2c1ccccc1. The molecule has 30 heavy (non-hydrogen) atoms. The van der Waals surface area contributed by atoms with Crippen LogP contribution in [0, 0.1) is 0 Å². The third kappa shape index (κ3) is 3.20. The summed E-state index contributed by atoms with van der Waals surface area (Å²) in [7, 11) is 1.60. The van der Waals surface area contributed by atoms with E-state index >= 15 is 0 Å². The van der Waals surface area contributed by atoms with Crippen molar-refractivity contribution >= 4 is 62.7 Å². The zero-order chi connectivity index (χ0) is 21.6. The lowest BCUT2D eigenvalue weighted by molar-refractivity contribution is -0.128. The first-order chi connectivity index (χ1) is 14.3. The fraction of sp³-hybridized carbons (Fsp3) is 0.286. The molecule has 156 valence electrons. The molecule has 2 unspecified atom stereocenters. The van der Waals surface area contributed by atoms with Gasteiger partial charge in [0.1, 0.15) is 5.54 Å². The Morgan fingerprint density at radius 1 is 1.13 bits per heavy atom. The Balaban J connectivity index is 1.84. The number of urea groups is 1. The maximum atomic E-state index is 13.8. The molecule has 0 aliphatic carbocycles. The summed E-state index contributed by atoms with van der Waals surface area (Å²) in [5, 5.41) is 0.789. The number of imide groups is 1. The van der Waals surface area contributed by atoms with Crippen LogP contribution in [0.25, 0.3) is 0 Å². The van der Waals surface area contributed by atoms with Crippen molar-refractivity contribution in [3.63, 3.8) is 0 Å². The molecule has 2 aromatic carbocycles. The maximum absolute atomic E-state index is 13.8. The molecule has 2 aliphatic rings. The van der Waals surface area contributed by atoms with Crippen molar-refractivity contribution in [2.24, 2.45) is 0 Å². The van der Waals surface area contributed by atoms with Crippen LogP contribution < -0.4 is 4.90 Å². The van der Waals surface area contributed by atoms with Gasteiger partial charge < -0.3 is 9.80 Å². The maximum Gasteiger partial charge on any atom is 0.332 e. The molecule has 2 fully saturated rings. The van der Waals surface area contributed by atoms with Gasteiger partial charge in [-0.3, -0.25) is 9.59 Å². The van der Waals surface area contributed by atoms with E-state index in [0.717, 1.165) is 10.5 Å². The summed E-state index contributed by atoms with van der Waals surface area (Å²) in [4.78, 5) is 43.8. The minimum absolute atomic E-state index is 0.114. The molecule has 4 amide bonds. The first-order valence-electron chi connectivity index (χ1n) is 9.26. The highest BCUT2D eigenvalue weighted by atomic mass is 79.9. The number of hydrogen-bond acceptors (Lipinski definition) is 3. The number of carbonyl (C=O) groups is 3. The number of likely N-dealkylation sites (tertiary alicyclic amines) is 1. The van der Waals surface area contributed by atoms with Gasteiger partial charge in [0.15, 0.2) is 0 Å². The number of nitrogens with zero attached hydrogens (tertiary/aromatic N) is 3. The Labute approximate surface area is 192 Å². The molecule has 2 saturated heterocycles. The highest BCUT2D eigenvalue weighted by molar-refractivity contribution is 9.09. The molecule has 4 rings (SSSR count). The number of benzene rings is 2. The Bertz CT molecular complexity index is 1020. The first-order valence-corrected chi connectivity index (χ1v) is 11.1. The van der Waals surface area contributed by atoms with Crippen LogP contribution in [0.3, 0.4) is 0 Å². The van der Waals surface area contributed by atoms with Gasteiger partial charge >= 0.3 is 6.03 Å². The summed E-state index contributed by atoms with van der Waals surface area (Å²) in [6, 6.07) is 13.6. The summed E-state index contributed by atoms with van der Waals surface area (Å²) in [6.45, 7) is 0.449. The lowest BCUT2D eigenvalue weighted by Gasteiger charge is -2.33. The average Bonchev–Trinajstić information content (AvgIpc) is 3.21. The molecule has 0 saturated carbocycles.